The van der Waals surface area contributed by atoms with E-state index in [1.807, 2.05) is 42.2 Å². The van der Waals surface area contributed by atoms with Crippen LogP contribution in [0.2, 0.25) is 0 Å². The molecule has 1 N–H and O–H groups in total. The molecule has 0 atom stereocenters. The molecule has 26 heavy (non-hydrogen) atoms. The highest BCUT2D eigenvalue weighted by Gasteiger charge is 2.28. The van der Waals surface area contributed by atoms with Gasteiger partial charge in [0.05, 0.1) is 11.7 Å². The van der Waals surface area contributed by atoms with Gasteiger partial charge in [0, 0.05) is 25.5 Å². The Kier molecular flexibility index (Phi) is 4.49. The average molecular weight is 351 g/mol. The minimum absolute atomic E-state index is 0.0626. The molecule has 1 aliphatic heterocycles. The van der Waals surface area contributed by atoms with Gasteiger partial charge in [-0.1, -0.05) is 31.7 Å². The third-order valence-electron chi connectivity index (χ3n) is 5.33. The molecule has 6 nitrogen and oxygen atoms in total. The summed E-state index contributed by atoms with van der Waals surface area (Å²) in [4.78, 5) is 18.8. The second-order valence-corrected chi connectivity index (χ2v) is 7.25. The fraction of sp³-hybridized carbons (Fsp3) is 0.450. The number of rotatable bonds is 2. The molecule has 1 aromatic carbocycles. The first-order valence-corrected chi connectivity index (χ1v) is 9.38. The smallest absolute Gasteiger partial charge is 0.279 e. The molecule has 4 rings (SSSR count). The standard InChI is InChI=1S/C20H25N5O/c1-24-19(26)17(23-20(24)22-16-7-5-3-4-6-8-16)12-14-9-10-18-15(11-14)13-21-25(18)2/h9-13,16H,3-8H2,1-2H3,(H,22,23)/b17-12-. The third kappa shape index (κ3) is 3.23. The first-order chi connectivity index (χ1) is 12.6. The van der Waals surface area contributed by atoms with Crippen LogP contribution in [-0.4, -0.2) is 39.6 Å². The van der Waals surface area contributed by atoms with E-state index >= 15 is 0 Å². The number of carbonyl (C=O) groups excluding carboxylic acids is 1. The number of amides is 1. The Bertz CT molecular complexity index is 887. The molecule has 1 aromatic heterocycles. The minimum atomic E-state index is -0.0626. The number of hydrogen-bond donors (Lipinski definition) is 1. The van der Waals surface area contributed by atoms with Gasteiger partial charge in [-0.25, -0.2) is 4.99 Å². The molecule has 6 heteroatoms. The number of aromatic nitrogens is 2. The number of likely N-dealkylation sites (N-methyl/N-ethyl adjacent to an activating group) is 1. The third-order valence-corrected chi connectivity index (χ3v) is 5.33. The lowest BCUT2D eigenvalue weighted by Gasteiger charge is -2.20. The van der Waals surface area contributed by atoms with Crippen LogP contribution in [0.1, 0.15) is 44.1 Å². The van der Waals surface area contributed by atoms with Gasteiger partial charge in [-0.3, -0.25) is 14.4 Å². The molecular weight excluding hydrogens is 326 g/mol. The maximum atomic E-state index is 12.6. The number of carbonyl (C=O) groups is 1. The second kappa shape index (κ2) is 6.94. The molecule has 0 unspecified atom stereocenters. The van der Waals surface area contributed by atoms with Crippen molar-refractivity contribution in [3.8, 4) is 0 Å². The molecule has 2 aromatic rings. The summed E-state index contributed by atoms with van der Waals surface area (Å²) in [5, 5.41) is 8.81. The molecule has 1 amide bonds. The highest BCUT2D eigenvalue weighted by Crippen LogP contribution is 2.22. The molecule has 136 valence electrons. The van der Waals surface area contributed by atoms with Gasteiger partial charge in [0.2, 0.25) is 5.96 Å². The SMILES string of the molecule is CN1C(=O)/C(=C/c2ccc3c(cnn3C)c2)N=C1NC1CCCCCC1. The van der Waals surface area contributed by atoms with E-state index in [9.17, 15) is 4.79 Å². The van der Waals surface area contributed by atoms with Crippen molar-refractivity contribution in [3.63, 3.8) is 0 Å². The van der Waals surface area contributed by atoms with Crippen LogP contribution < -0.4 is 5.32 Å². The van der Waals surface area contributed by atoms with Gasteiger partial charge >= 0.3 is 0 Å². The van der Waals surface area contributed by atoms with Gasteiger partial charge in [-0.2, -0.15) is 5.10 Å². The lowest BCUT2D eigenvalue weighted by molar-refractivity contribution is -0.121. The molecule has 2 heterocycles. The van der Waals surface area contributed by atoms with E-state index in [-0.39, 0.29) is 5.91 Å². The topological polar surface area (TPSA) is 62.5 Å². The lowest BCUT2D eigenvalue weighted by Crippen LogP contribution is -2.43. The first-order valence-electron chi connectivity index (χ1n) is 9.38. The summed E-state index contributed by atoms with van der Waals surface area (Å²) < 4.78 is 1.84. The number of aryl methyl sites for hydroxylation is 1. The van der Waals surface area contributed by atoms with Gasteiger partial charge in [-0.15, -0.1) is 0 Å². The first kappa shape index (κ1) is 16.8. The van der Waals surface area contributed by atoms with E-state index in [0.29, 0.717) is 17.7 Å². The molecule has 0 radical (unpaired) electrons. The van der Waals surface area contributed by atoms with Crippen LogP contribution in [0, 0.1) is 0 Å². The van der Waals surface area contributed by atoms with Crippen LogP contribution in [0.25, 0.3) is 17.0 Å². The van der Waals surface area contributed by atoms with Crippen molar-refractivity contribution >= 4 is 28.8 Å². The Hall–Kier alpha value is -2.63. The van der Waals surface area contributed by atoms with E-state index in [1.54, 1.807) is 11.9 Å². The van der Waals surface area contributed by atoms with Crippen LogP contribution in [0.15, 0.2) is 35.1 Å². The van der Waals surface area contributed by atoms with Crippen LogP contribution >= 0.6 is 0 Å². The zero-order valence-corrected chi connectivity index (χ0v) is 15.4. The van der Waals surface area contributed by atoms with Crippen LogP contribution in [-0.2, 0) is 11.8 Å². The molecule has 1 fully saturated rings. The van der Waals surface area contributed by atoms with Crippen molar-refractivity contribution in [2.24, 2.45) is 12.0 Å². The summed E-state index contributed by atoms with van der Waals surface area (Å²) in [5.41, 5.74) is 2.51. The molecular formula is C20H25N5O. The summed E-state index contributed by atoms with van der Waals surface area (Å²) in [5.74, 6) is 0.614. The normalized spacial score (nSPS) is 20.7. The summed E-state index contributed by atoms with van der Waals surface area (Å²) in [7, 11) is 3.71. The number of hydrogen-bond acceptors (Lipinski definition) is 4. The zero-order valence-electron chi connectivity index (χ0n) is 15.4. The summed E-state index contributed by atoms with van der Waals surface area (Å²) in [6, 6.07) is 6.47. The number of nitrogens with one attached hydrogen (secondary N) is 1. The van der Waals surface area contributed by atoms with Crippen molar-refractivity contribution in [3.05, 3.63) is 35.7 Å². The maximum Gasteiger partial charge on any atom is 0.279 e. The number of benzene rings is 1. The Morgan fingerprint density at radius 1 is 1.15 bits per heavy atom. The summed E-state index contributed by atoms with van der Waals surface area (Å²) in [6.45, 7) is 0. The molecule has 0 saturated heterocycles. The Morgan fingerprint density at radius 2 is 1.92 bits per heavy atom. The van der Waals surface area contributed by atoms with Gasteiger partial charge < -0.3 is 5.32 Å². The minimum Gasteiger partial charge on any atom is -0.353 e. The fourth-order valence-electron chi connectivity index (χ4n) is 3.76. The quantitative estimate of drug-likeness (QED) is 0.668. The average Bonchev–Trinajstić information content (AvgIpc) is 2.99. The van der Waals surface area contributed by atoms with E-state index in [2.05, 4.69) is 15.4 Å². The largest absolute Gasteiger partial charge is 0.353 e. The lowest BCUT2D eigenvalue weighted by atomic mass is 10.1. The predicted molar refractivity (Wildman–Crippen MR) is 104 cm³/mol. The summed E-state index contributed by atoms with van der Waals surface area (Å²) >= 11 is 0. The van der Waals surface area contributed by atoms with Crippen molar-refractivity contribution in [2.75, 3.05) is 7.05 Å². The van der Waals surface area contributed by atoms with E-state index in [4.69, 9.17) is 0 Å². The highest BCUT2D eigenvalue weighted by molar-refractivity contribution is 6.13. The van der Waals surface area contributed by atoms with E-state index in [0.717, 1.165) is 29.3 Å². The maximum absolute atomic E-state index is 12.6. The van der Waals surface area contributed by atoms with Crippen LogP contribution in [0.3, 0.4) is 0 Å². The number of fused-ring (bicyclic) bond motifs is 1. The Balaban J connectivity index is 1.57. The number of aliphatic imine (C=N–C) groups is 1. The molecule has 0 bridgehead atoms. The van der Waals surface area contributed by atoms with Gasteiger partial charge in [-0.05, 0) is 36.6 Å². The van der Waals surface area contributed by atoms with Gasteiger partial charge in [0.25, 0.3) is 5.91 Å². The highest BCUT2D eigenvalue weighted by atomic mass is 16.2. The molecule has 0 spiro atoms. The second-order valence-electron chi connectivity index (χ2n) is 7.25. The van der Waals surface area contributed by atoms with Crippen molar-refractivity contribution in [1.82, 2.24) is 20.0 Å². The molecule has 2 aliphatic rings. The van der Waals surface area contributed by atoms with Gasteiger partial charge in [0.15, 0.2) is 0 Å². The summed E-state index contributed by atoms with van der Waals surface area (Å²) in [6.07, 6.45) is 11.1. The predicted octanol–water partition coefficient (Wildman–Crippen LogP) is 3.05. The number of nitrogens with zero attached hydrogens (tertiary/aromatic N) is 4. The monoisotopic (exact) mass is 351 g/mol. The Labute approximate surface area is 153 Å². The van der Waals surface area contributed by atoms with Crippen molar-refractivity contribution < 1.29 is 4.79 Å². The van der Waals surface area contributed by atoms with E-state index in [1.165, 1.54) is 25.7 Å². The molecule has 1 saturated carbocycles. The van der Waals surface area contributed by atoms with Crippen LogP contribution in [0.4, 0.5) is 0 Å². The van der Waals surface area contributed by atoms with Gasteiger partial charge in [0.1, 0.15) is 5.70 Å². The van der Waals surface area contributed by atoms with E-state index < -0.39 is 0 Å². The molecule has 1 aliphatic carbocycles. The Morgan fingerprint density at radius 3 is 2.69 bits per heavy atom. The van der Waals surface area contributed by atoms with Crippen molar-refractivity contribution in [2.45, 2.75) is 44.6 Å². The van der Waals surface area contributed by atoms with Crippen molar-refractivity contribution in [1.29, 1.82) is 0 Å². The van der Waals surface area contributed by atoms with Crippen LogP contribution in [0.5, 0.6) is 0 Å². The zero-order chi connectivity index (χ0) is 18.1. The fourth-order valence-corrected chi connectivity index (χ4v) is 3.76. The number of guanidine groups is 1.